The molecule has 2 aromatic heterocycles. The standard InChI is InChI=1S/C28H31N5O2/c1-3-30-27(35)28(11-12-28)21-15-23-26(31-17-21)25(24(34)18-32-13-5-4-6-14-32)19(2)33(23)22-9-7-20(16-29)8-10-22/h7-10,15,17H,3-6,11-14,18H2,1-2H3,(H,30,35). The third-order valence-electron chi connectivity index (χ3n) is 7.47. The average Bonchev–Trinajstić information content (AvgIpc) is 3.63. The molecule has 3 heterocycles. The van der Waals surface area contributed by atoms with Crippen LogP contribution in [0.4, 0.5) is 0 Å². The molecule has 0 radical (unpaired) electrons. The minimum Gasteiger partial charge on any atom is -0.356 e. The van der Waals surface area contributed by atoms with Crippen molar-refractivity contribution in [2.24, 2.45) is 0 Å². The molecular formula is C28H31N5O2. The summed E-state index contributed by atoms with van der Waals surface area (Å²) in [5.41, 5.74) is 4.76. The fraction of sp³-hybridized carbons (Fsp3) is 0.429. The van der Waals surface area contributed by atoms with Crippen molar-refractivity contribution >= 4 is 22.7 Å². The maximum absolute atomic E-state index is 13.6. The van der Waals surface area contributed by atoms with Gasteiger partial charge in [0.05, 0.1) is 40.2 Å². The first-order valence-electron chi connectivity index (χ1n) is 12.5. The van der Waals surface area contributed by atoms with E-state index < -0.39 is 5.41 Å². The van der Waals surface area contributed by atoms with Gasteiger partial charge in [0.2, 0.25) is 5.91 Å². The maximum Gasteiger partial charge on any atom is 0.230 e. The zero-order valence-corrected chi connectivity index (χ0v) is 20.4. The summed E-state index contributed by atoms with van der Waals surface area (Å²) in [5, 5.41) is 12.2. The molecule has 180 valence electrons. The molecule has 1 saturated heterocycles. The number of ketones is 1. The normalized spacial score (nSPS) is 17.2. The quantitative estimate of drug-likeness (QED) is 0.528. The van der Waals surface area contributed by atoms with Crippen LogP contribution in [0.25, 0.3) is 16.7 Å². The van der Waals surface area contributed by atoms with Gasteiger partial charge in [0, 0.05) is 24.1 Å². The lowest BCUT2D eigenvalue weighted by molar-refractivity contribution is -0.123. The Morgan fingerprint density at radius 3 is 2.49 bits per heavy atom. The van der Waals surface area contributed by atoms with Gasteiger partial charge in [0.1, 0.15) is 0 Å². The van der Waals surface area contributed by atoms with E-state index in [-0.39, 0.29) is 11.7 Å². The van der Waals surface area contributed by atoms with Gasteiger partial charge in [0.15, 0.2) is 5.78 Å². The van der Waals surface area contributed by atoms with Crippen molar-refractivity contribution in [3.8, 4) is 11.8 Å². The van der Waals surface area contributed by atoms with Crippen molar-refractivity contribution in [3.63, 3.8) is 0 Å². The van der Waals surface area contributed by atoms with Gasteiger partial charge < -0.3 is 9.88 Å². The van der Waals surface area contributed by atoms with E-state index in [1.807, 2.05) is 36.6 Å². The molecule has 0 bridgehead atoms. The van der Waals surface area contributed by atoms with Gasteiger partial charge in [-0.1, -0.05) is 6.42 Å². The third-order valence-corrected chi connectivity index (χ3v) is 7.47. The zero-order valence-electron chi connectivity index (χ0n) is 20.4. The Morgan fingerprint density at radius 1 is 1.14 bits per heavy atom. The second-order valence-electron chi connectivity index (χ2n) is 9.75. The van der Waals surface area contributed by atoms with Crippen LogP contribution in [-0.4, -0.2) is 52.3 Å². The van der Waals surface area contributed by atoms with E-state index in [2.05, 4.69) is 16.3 Å². The van der Waals surface area contributed by atoms with E-state index >= 15 is 0 Å². The molecule has 1 N–H and O–H groups in total. The van der Waals surface area contributed by atoms with Gasteiger partial charge >= 0.3 is 0 Å². The van der Waals surface area contributed by atoms with Crippen molar-refractivity contribution in [3.05, 3.63) is 58.9 Å². The number of nitriles is 1. The lowest BCUT2D eigenvalue weighted by atomic mass is 9.96. The van der Waals surface area contributed by atoms with Crippen molar-refractivity contribution in [2.75, 3.05) is 26.2 Å². The number of benzene rings is 1. The van der Waals surface area contributed by atoms with E-state index in [4.69, 9.17) is 4.98 Å². The molecule has 1 aliphatic heterocycles. The number of hydrogen-bond acceptors (Lipinski definition) is 5. The molecule has 1 amide bonds. The van der Waals surface area contributed by atoms with E-state index in [1.165, 1.54) is 6.42 Å². The number of likely N-dealkylation sites (tertiary alicyclic amines) is 1. The number of hydrogen-bond donors (Lipinski definition) is 1. The van der Waals surface area contributed by atoms with Crippen LogP contribution in [0, 0.1) is 18.3 Å². The average molecular weight is 470 g/mol. The van der Waals surface area contributed by atoms with Crippen molar-refractivity contribution in [1.82, 2.24) is 19.8 Å². The van der Waals surface area contributed by atoms with Gasteiger partial charge in [-0.3, -0.25) is 19.5 Å². The molecule has 0 spiro atoms. The Labute approximate surface area is 205 Å². The molecule has 2 aliphatic rings. The first-order chi connectivity index (χ1) is 17.0. The van der Waals surface area contributed by atoms with Crippen LogP contribution in [0.2, 0.25) is 0 Å². The predicted molar refractivity (Wildman–Crippen MR) is 135 cm³/mol. The molecule has 1 aliphatic carbocycles. The molecule has 0 atom stereocenters. The van der Waals surface area contributed by atoms with E-state index in [1.54, 1.807) is 18.3 Å². The number of nitrogens with zero attached hydrogens (tertiary/aromatic N) is 4. The minimum atomic E-state index is -0.539. The van der Waals surface area contributed by atoms with Crippen LogP contribution in [0.3, 0.4) is 0 Å². The Balaban J connectivity index is 1.63. The van der Waals surface area contributed by atoms with E-state index in [0.29, 0.717) is 29.7 Å². The lowest BCUT2D eigenvalue weighted by Gasteiger charge is -2.25. The highest BCUT2D eigenvalue weighted by Gasteiger charge is 2.51. The monoisotopic (exact) mass is 469 g/mol. The number of carbonyl (C=O) groups excluding carboxylic acids is 2. The van der Waals surface area contributed by atoms with Crippen LogP contribution < -0.4 is 5.32 Å². The molecule has 35 heavy (non-hydrogen) atoms. The maximum atomic E-state index is 13.6. The summed E-state index contributed by atoms with van der Waals surface area (Å²) in [7, 11) is 0. The number of pyridine rings is 1. The number of rotatable bonds is 7. The Morgan fingerprint density at radius 2 is 1.86 bits per heavy atom. The summed E-state index contributed by atoms with van der Waals surface area (Å²) in [5.74, 6) is 0.114. The van der Waals surface area contributed by atoms with Gasteiger partial charge in [-0.25, -0.2) is 0 Å². The first-order valence-corrected chi connectivity index (χ1v) is 12.5. The molecule has 0 unspecified atom stereocenters. The van der Waals surface area contributed by atoms with Crippen LogP contribution in [0.15, 0.2) is 36.5 Å². The highest BCUT2D eigenvalue weighted by molar-refractivity contribution is 6.09. The van der Waals surface area contributed by atoms with E-state index in [0.717, 1.165) is 61.2 Å². The van der Waals surface area contributed by atoms with Gasteiger partial charge in [0.25, 0.3) is 0 Å². The highest BCUT2D eigenvalue weighted by Crippen LogP contribution is 2.49. The van der Waals surface area contributed by atoms with Crippen LogP contribution >= 0.6 is 0 Å². The number of fused-ring (bicyclic) bond motifs is 1. The lowest BCUT2D eigenvalue weighted by Crippen LogP contribution is -2.34. The number of likely N-dealkylation sites (N-methyl/N-ethyl adjacent to an activating group) is 1. The highest BCUT2D eigenvalue weighted by atomic mass is 16.2. The smallest absolute Gasteiger partial charge is 0.230 e. The zero-order chi connectivity index (χ0) is 24.6. The second kappa shape index (κ2) is 9.27. The van der Waals surface area contributed by atoms with Crippen molar-refractivity contribution in [1.29, 1.82) is 5.26 Å². The summed E-state index contributed by atoms with van der Waals surface area (Å²) in [6.45, 7) is 6.76. The Kier molecular flexibility index (Phi) is 6.16. The fourth-order valence-corrected chi connectivity index (χ4v) is 5.39. The van der Waals surface area contributed by atoms with Crippen molar-refractivity contribution < 1.29 is 9.59 Å². The molecule has 1 saturated carbocycles. The number of piperidine rings is 1. The number of amides is 1. The fourth-order valence-electron chi connectivity index (χ4n) is 5.39. The van der Waals surface area contributed by atoms with Crippen LogP contribution in [0.5, 0.6) is 0 Å². The molecule has 1 aromatic carbocycles. The molecule has 2 fully saturated rings. The first kappa shape index (κ1) is 23.3. The summed E-state index contributed by atoms with van der Waals surface area (Å²) in [6.07, 6.45) is 6.85. The number of aromatic nitrogens is 2. The summed E-state index contributed by atoms with van der Waals surface area (Å²) >= 11 is 0. The second-order valence-corrected chi connectivity index (χ2v) is 9.75. The summed E-state index contributed by atoms with van der Waals surface area (Å²) < 4.78 is 2.05. The molecule has 5 rings (SSSR count). The van der Waals surface area contributed by atoms with Crippen LogP contribution in [0.1, 0.15) is 66.2 Å². The van der Waals surface area contributed by atoms with Crippen LogP contribution in [-0.2, 0) is 10.2 Å². The Hall–Kier alpha value is -3.50. The minimum absolute atomic E-state index is 0.0377. The third kappa shape index (κ3) is 4.12. The van der Waals surface area contributed by atoms with Gasteiger partial charge in [-0.05, 0) is 88.5 Å². The summed E-state index contributed by atoms with van der Waals surface area (Å²) in [4.78, 5) is 33.5. The van der Waals surface area contributed by atoms with Gasteiger partial charge in [-0.2, -0.15) is 5.26 Å². The number of nitrogens with one attached hydrogen (secondary N) is 1. The number of carbonyl (C=O) groups is 2. The molecule has 3 aromatic rings. The topological polar surface area (TPSA) is 91.0 Å². The van der Waals surface area contributed by atoms with Gasteiger partial charge in [-0.15, -0.1) is 0 Å². The molecule has 7 heteroatoms. The molecular weight excluding hydrogens is 438 g/mol. The van der Waals surface area contributed by atoms with E-state index in [9.17, 15) is 14.9 Å². The number of Topliss-reactive ketones (excluding diaryl/α,β-unsaturated/α-hetero) is 1. The Bertz CT molecular complexity index is 1320. The SMILES string of the molecule is CCNC(=O)C1(c2cnc3c(C(=O)CN4CCCCC4)c(C)n(-c4ccc(C#N)cc4)c3c2)CC1. The van der Waals surface area contributed by atoms with Crippen molar-refractivity contribution in [2.45, 2.75) is 51.4 Å². The largest absolute Gasteiger partial charge is 0.356 e. The summed E-state index contributed by atoms with van der Waals surface area (Å²) in [6, 6.07) is 11.6. The predicted octanol–water partition coefficient (Wildman–Crippen LogP) is 4.04. The molecule has 7 nitrogen and oxygen atoms in total.